The van der Waals surface area contributed by atoms with Crippen molar-refractivity contribution < 1.29 is 28.7 Å². The monoisotopic (exact) mass is 550 g/mol. The summed E-state index contributed by atoms with van der Waals surface area (Å²) < 4.78 is 10.8. The Kier molecular flexibility index (Phi) is 8.55. The van der Waals surface area contributed by atoms with Crippen LogP contribution in [0.25, 0.3) is 0 Å². The number of carbonyl (C=O) groups excluding carboxylic acids is 4. The molecule has 38 heavy (non-hydrogen) atoms. The molecule has 2 aliphatic rings. The average Bonchev–Trinajstić information content (AvgIpc) is 3.09. The molecule has 10 nitrogen and oxygen atoms in total. The van der Waals surface area contributed by atoms with Crippen LogP contribution in [-0.4, -0.2) is 76.6 Å². The number of halogens is 1. The third kappa shape index (κ3) is 6.89. The molecule has 11 heteroatoms. The Balaban J connectivity index is 1.74. The van der Waals surface area contributed by atoms with Crippen LogP contribution in [0.5, 0.6) is 0 Å². The smallest absolute Gasteiger partial charge is 0.410 e. The normalized spacial score (nSPS) is 18.8. The SMILES string of the molecule is C[C@@H]1CN(C(=O)OC(C)(C)C)CCN1c1ccc2c(c1Cl)CN(C(CCC(=O)OC(C)(C)C)C(N)=O)C2=O. The fourth-order valence-electron chi connectivity index (χ4n) is 4.74. The topological polar surface area (TPSA) is 122 Å². The molecule has 1 fully saturated rings. The van der Waals surface area contributed by atoms with E-state index in [9.17, 15) is 19.2 Å². The zero-order valence-electron chi connectivity index (χ0n) is 23.3. The van der Waals surface area contributed by atoms with E-state index >= 15 is 0 Å². The third-order valence-electron chi connectivity index (χ3n) is 6.38. The summed E-state index contributed by atoms with van der Waals surface area (Å²) in [5.41, 5.74) is 6.17. The molecule has 0 saturated carbocycles. The van der Waals surface area contributed by atoms with E-state index < -0.39 is 29.1 Å². The number of benzene rings is 1. The molecule has 2 aliphatic heterocycles. The maximum absolute atomic E-state index is 13.2. The van der Waals surface area contributed by atoms with Crippen molar-refractivity contribution in [2.45, 2.75) is 91.1 Å². The van der Waals surface area contributed by atoms with E-state index in [2.05, 4.69) is 4.90 Å². The van der Waals surface area contributed by atoms with E-state index in [4.69, 9.17) is 26.8 Å². The molecule has 210 valence electrons. The fourth-order valence-corrected chi connectivity index (χ4v) is 5.07. The number of hydrogen-bond acceptors (Lipinski definition) is 7. The van der Waals surface area contributed by atoms with Crippen LogP contribution in [0.2, 0.25) is 5.02 Å². The lowest BCUT2D eigenvalue weighted by Gasteiger charge is -2.41. The van der Waals surface area contributed by atoms with Crippen molar-refractivity contribution in [2.75, 3.05) is 24.5 Å². The molecule has 0 aromatic heterocycles. The van der Waals surface area contributed by atoms with Crippen LogP contribution in [0.4, 0.5) is 10.5 Å². The molecule has 2 N–H and O–H groups in total. The molecule has 3 rings (SSSR count). The van der Waals surface area contributed by atoms with Gasteiger partial charge in [0.05, 0.1) is 10.7 Å². The lowest BCUT2D eigenvalue weighted by atomic mass is 10.1. The summed E-state index contributed by atoms with van der Waals surface area (Å²) in [6.07, 6.45) is -0.351. The number of piperazine rings is 1. The number of amides is 3. The van der Waals surface area contributed by atoms with E-state index in [0.717, 1.165) is 5.69 Å². The summed E-state index contributed by atoms with van der Waals surface area (Å²) in [5, 5.41) is 0.422. The van der Waals surface area contributed by atoms with Gasteiger partial charge in [0.2, 0.25) is 5.91 Å². The van der Waals surface area contributed by atoms with E-state index in [1.165, 1.54) is 4.90 Å². The van der Waals surface area contributed by atoms with Gasteiger partial charge in [-0.3, -0.25) is 14.4 Å². The molecular weight excluding hydrogens is 512 g/mol. The standard InChI is InChI=1S/C27H39ClN4O6/c1-16-14-30(25(36)38-27(5,6)7)12-13-31(16)19-9-8-17-18(22(19)28)15-32(24(17)35)20(23(29)34)10-11-21(33)37-26(2,3)4/h8-9,16,20H,10-15H2,1-7H3,(H2,29,34)/t16-,20?/m1/s1. The third-order valence-corrected chi connectivity index (χ3v) is 6.80. The van der Waals surface area contributed by atoms with Crippen LogP contribution in [0.15, 0.2) is 12.1 Å². The van der Waals surface area contributed by atoms with Crippen molar-refractivity contribution in [3.05, 3.63) is 28.3 Å². The second-order valence-corrected chi connectivity index (χ2v) is 12.2. The van der Waals surface area contributed by atoms with Gasteiger partial charge in [0.25, 0.3) is 5.91 Å². The number of nitrogens with two attached hydrogens (primary N) is 1. The van der Waals surface area contributed by atoms with Gasteiger partial charge in [-0.1, -0.05) is 11.6 Å². The number of carbonyl (C=O) groups is 4. The molecule has 1 saturated heterocycles. The first-order valence-corrected chi connectivity index (χ1v) is 13.2. The summed E-state index contributed by atoms with van der Waals surface area (Å²) in [7, 11) is 0. The Morgan fingerprint density at radius 3 is 2.26 bits per heavy atom. The van der Waals surface area contributed by atoms with Crippen LogP contribution < -0.4 is 10.6 Å². The molecule has 0 radical (unpaired) electrons. The average molecular weight is 551 g/mol. The molecule has 1 aromatic rings. The number of anilines is 1. The minimum atomic E-state index is -0.974. The van der Waals surface area contributed by atoms with E-state index in [-0.39, 0.29) is 37.4 Å². The number of rotatable bonds is 6. The van der Waals surface area contributed by atoms with Gasteiger partial charge in [-0.05, 0) is 67.0 Å². The van der Waals surface area contributed by atoms with Crippen LogP contribution in [0.3, 0.4) is 0 Å². The van der Waals surface area contributed by atoms with Gasteiger partial charge in [-0.2, -0.15) is 0 Å². The number of primary amides is 1. The summed E-state index contributed by atoms with van der Waals surface area (Å²) in [6.45, 7) is 14.3. The summed E-state index contributed by atoms with van der Waals surface area (Å²) in [4.78, 5) is 55.4. The predicted molar refractivity (Wildman–Crippen MR) is 144 cm³/mol. The number of nitrogens with zero attached hydrogens (tertiary/aromatic N) is 3. The summed E-state index contributed by atoms with van der Waals surface area (Å²) in [6, 6.07) is 2.48. The second-order valence-electron chi connectivity index (χ2n) is 11.9. The van der Waals surface area contributed by atoms with Crippen molar-refractivity contribution in [1.29, 1.82) is 0 Å². The van der Waals surface area contributed by atoms with Crippen LogP contribution in [0.1, 0.15) is 77.2 Å². The fraction of sp³-hybridized carbons (Fsp3) is 0.630. The summed E-state index contributed by atoms with van der Waals surface area (Å²) >= 11 is 6.84. The Morgan fingerprint density at radius 2 is 1.71 bits per heavy atom. The highest BCUT2D eigenvalue weighted by Gasteiger charge is 2.39. The lowest BCUT2D eigenvalue weighted by molar-refractivity contribution is -0.155. The van der Waals surface area contributed by atoms with Crippen molar-refractivity contribution in [2.24, 2.45) is 5.73 Å². The van der Waals surface area contributed by atoms with Gasteiger partial charge >= 0.3 is 12.1 Å². The number of ether oxygens (including phenoxy) is 2. The minimum absolute atomic E-state index is 0.0489. The first-order chi connectivity index (χ1) is 17.5. The van der Waals surface area contributed by atoms with Gasteiger partial charge in [-0.25, -0.2) is 4.79 Å². The van der Waals surface area contributed by atoms with E-state index in [0.29, 0.717) is 35.8 Å². The highest BCUT2D eigenvalue weighted by atomic mass is 35.5. The molecule has 2 heterocycles. The van der Waals surface area contributed by atoms with Crippen LogP contribution >= 0.6 is 11.6 Å². The zero-order chi connectivity index (χ0) is 28.6. The van der Waals surface area contributed by atoms with E-state index in [1.54, 1.807) is 37.8 Å². The Hall–Kier alpha value is -3.01. The maximum atomic E-state index is 13.2. The molecule has 2 atom stereocenters. The minimum Gasteiger partial charge on any atom is -0.460 e. The number of fused-ring (bicyclic) bond motifs is 1. The quantitative estimate of drug-likeness (QED) is 0.535. The second kappa shape index (κ2) is 11.0. The van der Waals surface area contributed by atoms with Gasteiger partial charge in [0.15, 0.2) is 0 Å². The molecule has 1 unspecified atom stereocenters. The van der Waals surface area contributed by atoms with Crippen molar-refractivity contribution in [3.8, 4) is 0 Å². The Labute approximate surface area is 229 Å². The largest absolute Gasteiger partial charge is 0.460 e. The maximum Gasteiger partial charge on any atom is 0.410 e. The lowest BCUT2D eigenvalue weighted by Crippen LogP contribution is -2.54. The van der Waals surface area contributed by atoms with Gasteiger partial charge < -0.3 is 29.9 Å². The molecule has 1 aromatic carbocycles. The number of esters is 1. The van der Waals surface area contributed by atoms with Crippen LogP contribution in [0, 0.1) is 0 Å². The Morgan fingerprint density at radius 1 is 1.08 bits per heavy atom. The first-order valence-electron chi connectivity index (χ1n) is 12.9. The van der Waals surface area contributed by atoms with Gasteiger partial charge in [-0.15, -0.1) is 0 Å². The van der Waals surface area contributed by atoms with Crippen molar-refractivity contribution in [1.82, 2.24) is 9.80 Å². The van der Waals surface area contributed by atoms with Crippen molar-refractivity contribution in [3.63, 3.8) is 0 Å². The van der Waals surface area contributed by atoms with Gasteiger partial charge in [0, 0.05) is 49.8 Å². The predicted octanol–water partition coefficient (Wildman–Crippen LogP) is 3.72. The van der Waals surface area contributed by atoms with Crippen molar-refractivity contribution >= 4 is 41.2 Å². The molecule has 0 spiro atoms. The van der Waals surface area contributed by atoms with E-state index in [1.807, 2.05) is 27.7 Å². The van der Waals surface area contributed by atoms with Crippen LogP contribution in [-0.2, 0) is 25.6 Å². The molecule has 0 bridgehead atoms. The van der Waals surface area contributed by atoms with Gasteiger partial charge in [0.1, 0.15) is 17.2 Å². The summed E-state index contributed by atoms with van der Waals surface area (Å²) in [5.74, 6) is -1.52. The molecule has 3 amide bonds. The highest BCUT2D eigenvalue weighted by molar-refractivity contribution is 6.35. The number of hydrogen-bond donors (Lipinski definition) is 1. The molecule has 0 aliphatic carbocycles. The highest BCUT2D eigenvalue weighted by Crippen LogP contribution is 2.39. The molecular formula is C27H39ClN4O6. The first kappa shape index (κ1) is 29.5. The zero-order valence-corrected chi connectivity index (χ0v) is 24.1. The Bertz CT molecular complexity index is 1110.